The Morgan fingerprint density at radius 2 is 1.55 bits per heavy atom. The second-order valence-corrected chi connectivity index (χ2v) is 7.21. The second kappa shape index (κ2) is 7.82. The molecule has 0 N–H and O–H groups in total. The summed E-state index contributed by atoms with van der Waals surface area (Å²) in [6, 6.07) is 18.2. The summed E-state index contributed by atoms with van der Waals surface area (Å²) in [6.07, 6.45) is 1.83. The Kier molecular flexibility index (Phi) is 5.22. The molecule has 0 atom stereocenters. The number of rotatable bonds is 4. The number of carbonyl (C=O) groups is 1. The van der Waals surface area contributed by atoms with E-state index < -0.39 is 0 Å². The zero-order chi connectivity index (χ0) is 20.5. The van der Waals surface area contributed by atoms with Crippen LogP contribution in [-0.2, 0) is 4.79 Å². The molecule has 1 aliphatic heterocycles. The molecule has 6 heteroatoms. The molecule has 1 heterocycles. The third-order valence-corrected chi connectivity index (χ3v) is 5.36. The Labute approximate surface area is 178 Å². The Morgan fingerprint density at radius 1 is 0.862 bits per heavy atom. The average Bonchev–Trinajstić information content (AvgIpc) is 3.00. The van der Waals surface area contributed by atoms with Gasteiger partial charge in [-0.05, 0) is 42.0 Å². The fourth-order valence-electron chi connectivity index (χ4n) is 3.41. The molecule has 0 bridgehead atoms. The van der Waals surface area contributed by atoms with Crippen molar-refractivity contribution in [2.45, 2.75) is 0 Å². The van der Waals surface area contributed by atoms with Gasteiger partial charge in [0.25, 0.3) is 5.91 Å². The van der Waals surface area contributed by atoms with E-state index in [2.05, 4.69) is 0 Å². The summed E-state index contributed by atoms with van der Waals surface area (Å²) >= 11 is 12.8. The van der Waals surface area contributed by atoms with Crippen molar-refractivity contribution in [1.82, 2.24) is 0 Å². The lowest BCUT2D eigenvalue weighted by Gasteiger charge is -2.20. The number of methoxy groups -OCH3 is 2. The van der Waals surface area contributed by atoms with Gasteiger partial charge in [0.2, 0.25) is 0 Å². The third kappa shape index (κ3) is 3.35. The van der Waals surface area contributed by atoms with Crippen molar-refractivity contribution in [3.05, 3.63) is 81.8 Å². The minimum Gasteiger partial charge on any atom is -0.493 e. The van der Waals surface area contributed by atoms with Gasteiger partial charge in [-0.2, -0.15) is 0 Å². The molecule has 0 saturated carbocycles. The zero-order valence-electron chi connectivity index (χ0n) is 15.8. The summed E-state index contributed by atoms with van der Waals surface area (Å²) in [5, 5.41) is 0.820. The fourth-order valence-corrected chi connectivity index (χ4v) is 3.98. The number of halogens is 2. The van der Waals surface area contributed by atoms with E-state index in [0.717, 1.165) is 16.8 Å². The van der Waals surface area contributed by atoms with Crippen molar-refractivity contribution in [2.24, 2.45) is 0 Å². The maximum Gasteiger partial charge on any atom is 0.263 e. The number of hydrogen-bond acceptors (Lipinski definition) is 3. The number of amides is 1. The van der Waals surface area contributed by atoms with Crippen LogP contribution in [0.4, 0.5) is 11.4 Å². The smallest absolute Gasteiger partial charge is 0.263 e. The quantitative estimate of drug-likeness (QED) is 0.465. The number of para-hydroxylation sites is 2. The highest BCUT2D eigenvalue weighted by Gasteiger charge is 2.35. The average molecular weight is 426 g/mol. The molecular weight excluding hydrogens is 409 g/mol. The number of ether oxygens (including phenoxy) is 2. The summed E-state index contributed by atoms with van der Waals surface area (Å²) < 4.78 is 10.7. The minimum absolute atomic E-state index is 0.198. The predicted octanol–water partition coefficient (Wildman–Crippen LogP) is 6.23. The molecule has 29 heavy (non-hydrogen) atoms. The van der Waals surface area contributed by atoms with E-state index in [-0.39, 0.29) is 5.91 Å². The Morgan fingerprint density at radius 3 is 2.24 bits per heavy atom. The van der Waals surface area contributed by atoms with Crippen LogP contribution in [0.3, 0.4) is 0 Å². The van der Waals surface area contributed by atoms with Crippen LogP contribution in [0.25, 0.3) is 11.6 Å². The van der Waals surface area contributed by atoms with Crippen molar-refractivity contribution in [1.29, 1.82) is 0 Å². The van der Waals surface area contributed by atoms with E-state index in [4.69, 9.17) is 32.7 Å². The van der Waals surface area contributed by atoms with Crippen molar-refractivity contribution in [3.8, 4) is 11.5 Å². The van der Waals surface area contributed by atoms with E-state index >= 15 is 0 Å². The molecule has 3 aromatic carbocycles. The highest BCUT2D eigenvalue weighted by molar-refractivity contribution is 6.44. The van der Waals surface area contributed by atoms with Gasteiger partial charge in [-0.1, -0.05) is 53.5 Å². The van der Waals surface area contributed by atoms with Crippen molar-refractivity contribution < 1.29 is 14.3 Å². The van der Waals surface area contributed by atoms with Gasteiger partial charge in [0.1, 0.15) is 0 Å². The number of fused-ring (bicyclic) bond motifs is 1. The molecule has 0 spiro atoms. The fraction of sp³-hybridized carbons (Fsp3) is 0.0870. The van der Waals surface area contributed by atoms with E-state index in [0.29, 0.717) is 32.8 Å². The maximum atomic E-state index is 13.4. The number of benzene rings is 3. The molecule has 0 radical (unpaired) electrons. The monoisotopic (exact) mass is 425 g/mol. The minimum atomic E-state index is -0.198. The van der Waals surface area contributed by atoms with Gasteiger partial charge < -0.3 is 9.47 Å². The van der Waals surface area contributed by atoms with E-state index in [9.17, 15) is 4.79 Å². The van der Waals surface area contributed by atoms with Gasteiger partial charge in [-0.25, -0.2) is 0 Å². The number of carbonyl (C=O) groups excluding carboxylic acids is 1. The lowest BCUT2D eigenvalue weighted by molar-refractivity contribution is -0.112. The first kappa shape index (κ1) is 19.4. The lowest BCUT2D eigenvalue weighted by Crippen LogP contribution is -2.21. The lowest BCUT2D eigenvalue weighted by atomic mass is 10.0. The Hall–Kier alpha value is -2.95. The highest BCUT2D eigenvalue weighted by atomic mass is 35.5. The third-order valence-electron chi connectivity index (χ3n) is 4.75. The molecule has 1 amide bonds. The number of nitrogens with zero attached hydrogens (tertiary/aromatic N) is 1. The molecule has 3 aromatic rings. The van der Waals surface area contributed by atoms with Crippen molar-refractivity contribution in [2.75, 3.05) is 19.1 Å². The van der Waals surface area contributed by atoms with Crippen LogP contribution in [0.2, 0.25) is 10.0 Å². The van der Waals surface area contributed by atoms with Gasteiger partial charge in [-0.3, -0.25) is 9.69 Å². The largest absolute Gasteiger partial charge is 0.493 e. The van der Waals surface area contributed by atoms with Crippen LogP contribution in [0.15, 0.2) is 60.7 Å². The molecular formula is C23H17Cl2NO3. The van der Waals surface area contributed by atoms with Crippen LogP contribution in [-0.4, -0.2) is 20.1 Å². The van der Waals surface area contributed by atoms with Gasteiger partial charge in [-0.15, -0.1) is 0 Å². The molecule has 4 nitrogen and oxygen atoms in total. The van der Waals surface area contributed by atoms with E-state index in [1.807, 2.05) is 42.5 Å². The molecule has 0 aromatic heterocycles. The summed E-state index contributed by atoms with van der Waals surface area (Å²) in [7, 11) is 3.16. The Balaban J connectivity index is 1.87. The van der Waals surface area contributed by atoms with E-state index in [1.165, 1.54) is 0 Å². The normalized spacial score (nSPS) is 14.3. The van der Waals surface area contributed by atoms with Crippen LogP contribution in [0, 0.1) is 0 Å². The SMILES string of the molecule is COc1ccc(/C=C2/C(=O)N(c3c(Cl)cccc3Cl)c3ccccc32)cc1OC. The van der Waals surface area contributed by atoms with Crippen molar-refractivity contribution >= 4 is 52.1 Å². The summed E-state index contributed by atoms with van der Waals surface area (Å²) in [5.74, 6) is 1.01. The molecule has 0 fully saturated rings. The summed E-state index contributed by atoms with van der Waals surface area (Å²) in [6.45, 7) is 0. The maximum absolute atomic E-state index is 13.4. The van der Waals surface area contributed by atoms with Crippen LogP contribution in [0.1, 0.15) is 11.1 Å². The topological polar surface area (TPSA) is 38.8 Å². The predicted molar refractivity (Wildman–Crippen MR) is 117 cm³/mol. The van der Waals surface area contributed by atoms with Gasteiger partial charge in [0, 0.05) is 5.56 Å². The molecule has 0 saturated heterocycles. The first-order chi connectivity index (χ1) is 14.0. The van der Waals surface area contributed by atoms with Gasteiger partial charge in [0.15, 0.2) is 11.5 Å². The van der Waals surface area contributed by atoms with E-state index in [1.54, 1.807) is 43.4 Å². The molecule has 1 aliphatic rings. The van der Waals surface area contributed by atoms with Crippen LogP contribution < -0.4 is 14.4 Å². The second-order valence-electron chi connectivity index (χ2n) is 6.40. The first-order valence-electron chi connectivity index (χ1n) is 8.86. The number of anilines is 2. The molecule has 0 unspecified atom stereocenters. The van der Waals surface area contributed by atoms with Gasteiger partial charge in [0.05, 0.1) is 41.2 Å². The molecule has 146 valence electrons. The molecule has 0 aliphatic carbocycles. The zero-order valence-corrected chi connectivity index (χ0v) is 17.3. The van der Waals surface area contributed by atoms with Crippen molar-refractivity contribution in [3.63, 3.8) is 0 Å². The van der Waals surface area contributed by atoms with Crippen LogP contribution >= 0.6 is 23.2 Å². The highest BCUT2D eigenvalue weighted by Crippen LogP contribution is 2.47. The van der Waals surface area contributed by atoms with Gasteiger partial charge >= 0.3 is 0 Å². The summed E-state index contributed by atoms with van der Waals surface area (Å²) in [5.41, 5.74) is 3.38. The van der Waals surface area contributed by atoms with Crippen LogP contribution in [0.5, 0.6) is 11.5 Å². The number of hydrogen-bond donors (Lipinski definition) is 0. The first-order valence-corrected chi connectivity index (χ1v) is 9.62. The summed E-state index contributed by atoms with van der Waals surface area (Å²) in [4.78, 5) is 15.0. The Bertz CT molecular complexity index is 1120. The standard InChI is InChI=1S/C23H17Cl2NO3/c1-28-20-11-10-14(13-21(20)29-2)12-16-15-6-3-4-9-19(15)26(23(16)27)22-17(24)7-5-8-18(22)25/h3-13H,1-2H3/b16-12+. The molecule has 4 rings (SSSR count).